The molecule has 0 aromatic carbocycles. The van der Waals surface area contributed by atoms with Crippen LogP contribution in [-0.4, -0.2) is 40.8 Å². The van der Waals surface area contributed by atoms with Gasteiger partial charge in [-0.2, -0.15) is 0 Å². The highest BCUT2D eigenvalue weighted by Crippen LogP contribution is 2.37. The summed E-state index contributed by atoms with van der Waals surface area (Å²) in [5.41, 5.74) is 0. The molecule has 0 bridgehead atoms. The molecular formula is C10H13NO5. The second kappa shape index (κ2) is 3.57. The predicted octanol–water partition coefficient (Wildman–Crippen LogP) is 0.566. The molecular weight excluding hydrogens is 214 g/mol. The Bertz CT molecular complexity index is 391. The summed E-state index contributed by atoms with van der Waals surface area (Å²) in [5.74, 6) is 0.167. The average molecular weight is 227 g/mol. The molecule has 0 unspecified atom stereocenters. The lowest BCUT2D eigenvalue weighted by Crippen LogP contribution is -2.25. The number of H-pyrrole nitrogens is 1. The number of hydrogen-bond donors (Lipinski definition) is 3. The van der Waals surface area contributed by atoms with Gasteiger partial charge in [0.05, 0.1) is 19.1 Å². The second-order valence-corrected chi connectivity index (χ2v) is 4.05. The van der Waals surface area contributed by atoms with Crippen LogP contribution in [0.15, 0.2) is 6.07 Å². The third kappa shape index (κ3) is 1.50. The molecule has 0 aliphatic carbocycles. The van der Waals surface area contributed by atoms with Crippen LogP contribution in [0.2, 0.25) is 0 Å². The first-order chi connectivity index (χ1) is 7.74. The first-order valence-corrected chi connectivity index (χ1v) is 5.25. The molecule has 88 valence electrons. The van der Waals surface area contributed by atoms with E-state index in [2.05, 4.69) is 4.98 Å². The number of hydrogen-bond acceptors (Lipinski definition) is 5. The molecule has 6 heteroatoms. The molecule has 0 amide bonds. The fraction of sp³-hybridized carbons (Fsp3) is 0.600. The van der Waals surface area contributed by atoms with Gasteiger partial charge in [0, 0.05) is 6.07 Å². The second-order valence-electron chi connectivity index (χ2n) is 4.05. The van der Waals surface area contributed by atoms with E-state index >= 15 is 0 Å². The Morgan fingerprint density at radius 3 is 3.00 bits per heavy atom. The van der Waals surface area contributed by atoms with E-state index in [1.54, 1.807) is 0 Å². The van der Waals surface area contributed by atoms with Gasteiger partial charge in [-0.25, -0.2) is 0 Å². The van der Waals surface area contributed by atoms with Crippen molar-refractivity contribution in [3.05, 3.63) is 6.07 Å². The molecule has 3 rings (SSSR count). The van der Waals surface area contributed by atoms with E-state index in [0.717, 1.165) is 6.42 Å². The molecule has 2 aliphatic rings. The molecule has 1 aromatic heterocycles. The molecule has 2 fully saturated rings. The van der Waals surface area contributed by atoms with Crippen molar-refractivity contribution in [2.24, 2.45) is 5.92 Å². The third-order valence-corrected chi connectivity index (χ3v) is 3.01. The van der Waals surface area contributed by atoms with Crippen molar-refractivity contribution in [2.75, 3.05) is 13.2 Å². The largest absolute Gasteiger partial charge is 0.494 e. The van der Waals surface area contributed by atoms with Gasteiger partial charge in [-0.1, -0.05) is 0 Å². The van der Waals surface area contributed by atoms with Gasteiger partial charge in [-0.05, 0) is 6.42 Å². The molecule has 2 saturated heterocycles. The molecule has 1 aromatic rings. The number of aromatic nitrogens is 1. The highest BCUT2D eigenvalue weighted by Gasteiger charge is 2.43. The van der Waals surface area contributed by atoms with Crippen LogP contribution in [0.4, 0.5) is 0 Å². The van der Waals surface area contributed by atoms with Crippen LogP contribution in [0.3, 0.4) is 0 Å². The van der Waals surface area contributed by atoms with E-state index in [9.17, 15) is 5.11 Å². The molecule has 3 atom stereocenters. The molecule has 16 heavy (non-hydrogen) atoms. The number of nitrogens with one attached hydrogen (secondary N) is 1. The van der Waals surface area contributed by atoms with Gasteiger partial charge in [0.15, 0.2) is 17.9 Å². The van der Waals surface area contributed by atoms with E-state index in [4.69, 9.17) is 19.3 Å². The highest BCUT2D eigenvalue weighted by molar-refractivity contribution is 5.39. The zero-order valence-electron chi connectivity index (χ0n) is 8.55. The van der Waals surface area contributed by atoms with Crippen molar-refractivity contribution in [3.8, 4) is 17.5 Å². The van der Waals surface area contributed by atoms with Gasteiger partial charge in [0.1, 0.15) is 6.10 Å². The third-order valence-electron chi connectivity index (χ3n) is 3.01. The van der Waals surface area contributed by atoms with Crippen LogP contribution in [0.5, 0.6) is 17.5 Å². The normalized spacial score (nSPS) is 32.9. The smallest absolute Gasteiger partial charge is 0.235 e. The Balaban J connectivity index is 1.73. The van der Waals surface area contributed by atoms with Gasteiger partial charge in [-0.15, -0.1) is 0 Å². The summed E-state index contributed by atoms with van der Waals surface area (Å²) < 4.78 is 16.4. The van der Waals surface area contributed by atoms with Gasteiger partial charge >= 0.3 is 0 Å². The molecule has 2 aliphatic heterocycles. The number of aromatic hydroxyl groups is 2. The number of aromatic amines is 1. The van der Waals surface area contributed by atoms with Crippen LogP contribution in [-0.2, 0) is 9.47 Å². The number of rotatable bonds is 2. The van der Waals surface area contributed by atoms with Crippen molar-refractivity contribution in [1.82, 2.24) is 4.98 Å². The zero-order chi connectivity index (χ0) is 11.1. The Kier molecular flexibility index (Phi) is 2.19. The number of fused-ring (bicyclic) bond motifs is 1. The van der Waals surface area contributed by atoms with E-state index in [1.807, 2.05) is 0 Å². The van der Waals surface area contributed by atoms with Crippen LogP contribution in [0.25, 0.3) is 0 Å². The molecule has 0 spiro atoms. The summed E-state index contributed by atoms with van der Waals surface area (Å²) in [4.78, 5) is 2.36. The average Bonchev–Trinajstić information content (AvgIpc) is 2.86. The summed E-state index contributed by atoms with van der Waals surface area (Å²) in [6.07, 6.45) is 0.584. The molecule has 0 saturated carbocycles. The summed E-state index contributed by atoms with van der Waals surface area (Å²) in [6.45, 7) is 1.13. The van der Waals surface area contributed by atoms with Crippen molar-refractivity contribution < 1.29 is 24.4 Å². The summed E-state index contributed by atoms with van der Waals surface area (Å²) in [5, 5.41) is 18.6. The maximum atomic E-state index is 9.42. The maximum Gasteiger partial charge on any atom is 0.235 e. The maximum absolute atomic E-state index is 9.42. The molecule has 0 radical (unpaired) electrons. The predicted molar refractivity (Wildman–Crippen MR) is 52.3 cm³/mol. The van der Waals surface area contributed by atoms with Crippen molar-refractivity contribution in [3.63, 3.8) is 0 Å². The number of ether oxygens (including phenoxy) is 3. The zero-order valence-corrected chi connectivity index (χ0v) is 8.55. The molecule has 3 heterocycles. The Morgan fingerprint density at radius 2 is 2.25 bits per heavy atom. The van der Waals surface area contributed by atoms with Crippen LogP contribution >= 0.6 is 0 Å². The Hall–Kier alpha value is -1.40. The van der Waals surface area contributed by atoms with Crippen LogP contribution in [0, 0.1) is 5.92 Å². The lowest BCUT2D eigenvalue weighted by Gasteiger charge is -2.15. The van der Waals surface area contributed by atoms with Crippen molar-refractivity contribution in [2.45, 2.75) is 18.8 Å². The lowest BCUT2D eigenvalue weighted by atomic mass is 10.0. The van der Waals surface area contributed by atoms with E-state index in [-0.39, 0.29) is 35.8 Å². The quantitative estimate of drug-likeness (QED) is 0.687. The SMILES string of the molecule is Oc1cc(O[C@H]2CO[C@H]3OCC[C@H]32)c(O)[nH]1. The first-order valence-electron chi connectivity index (χ1n) is 5.25. The summed E-state index contributed by atoms with van der Waals surface area (Å²) in [6, 6.07) is 1.35. The van der Waals surface area contributed by atoms with E-state index < -0.39 is 0 Å². The molecule has 3 N–H and O–H groups in total. The van der Waals surface area contributed by atoms with Crippen molar-refractivity contribution >= 4 is 0 Å². The van der Waals surface area contributed by atoms with Crippen molar-refractivity contribution in [1.29, 1.82) is 0 Å². The summed E-state index contributed by atoms with van der Waals surface area (Å²) >= 11 is 0. The van der Waals surface area contributed by atoms with Gasteiger partial charge in [-0.3, -0.25) is 4.98 Å². The minimum absolute atomic E-state index is 0.120. The topological polar surface area (TPSA) is 83.9 Å². The Labute approximate surface area is 91.7 Å². The van der Waals surface area contributed by atoms with Gasteiger partial charge < -0.3 is 24.4 Å². The van der Waals surface area contributed by atoms with E-state index in [0.29, 0.717) is 13.2 Å². The summed E-state index contributed by atoms with van der Waals surface area (Å²) in [7, 11) is 0. The minimum atomic E-state index is -0.181. The fourth-order valence-electron chi connectivity index (χ4n) is 2.21. The minimum Gasteiger partial charge on any atom is -0.494 e. The first kappa shape index (κ1) is 9.80. The lowest BCUT2D eigenvalue weighted by molar-refractivity contribution is -0.0906. The van der Waals surface area contributed by atoms with Gasteiger partial charge in [0.2, 0.25) is 5.88 Å². The van der Waals surface area contributed by atoms with E-state index in [1.165, 1.54) is 6.07 Å². The van der Waals surface area contributed by atoms with Crippen LogP contribution in [0.1, 0.15) is 6.42 Å². The highest BCUT2D eigenvalue weighted by atomic mass is 16.7. The molecule has 6 nitrogen and oxygen atoms in total. The Morgan fingerprint density at radius 1 is 1.38 bits per heavy atom. The fourth-order valence-corrected chi connectivity index (χ4v) is 2.21. The standard InChI is InChI=1S/C10H13NO5/c12-8-3-6(9(13)11-8)16-7-4-15-10-5(7)1-2-14-10/h3,5,7,10-13H,1-2,4H2/t5-,7-,10+/m0/s1. The monoisotopic (exact) mass is 227 g/mol. The van der Waals surface area contributed by atoms with Crippen LogP contribution < -0.4 is 4.74 Å². The van der Waals surface area contributed by atoms with Gasteiger partial charge in [0.25, 0.3) is 0 Å².